The summed E-state index contributed by atoms with van der Waals surface area (Å²) in [7, 11) is 1.19. The molecule has 0 aromatic heterocycles. The lowest BCUT2D eigenvalue weighted by Gasteiger charge is -2.11. The Balaban J connectivity index is 2.40. The number of hydrogen-bond donors (Lipinski definition) is 0. The van der Waals surface area contributed by atoms with Crippen molar-refractivity contribution in [2.24, 2.45) is 0 Å². The maximum atomic E-state index is 10.9. The SMILES string of the molecule is COC(=O)CON1C(=O)CCC1=O. The van der Waals surface area contributed by atoms with Gasteiger partial charge in [-0.3, -0.25) is 14.4 Å². The van der Waals surface area contributed by atoms with Crippen LogP contribution < -0.4 is 0 Å². The van der Waals surface area contributed by atoms with Gasteiger partial charge in [0.15, 0.2) is 6.61 Å². The van der Waals surface area contributed by atoms with Crippen molar-refractivity contribution in [2.45, 2.75) is 12.8 Å². The minimum absolute atomic E-state index is 0.139. The van der Waals surface area contributed by atoms with Crippen LogP contribution in [0.4, 0.5) is 0 Å². The third-order valence-corrected chi connectivity index (χ3v) is 1.54. The second-order valence-corrected chi connectivity index (χ2v) is 2.43. The van der Waals surface area contributed by atoms with Gasteiger partial charge in [0.05, 0.1) is 7.11 Å². The monoisotopic (exact) mass is 187 g/mol. The summed E-state index contributed by atoms with van der Waals surface area (Å²) in [6.07, 6.45) is 0.278. The Hall–Kier alpha value is -1.43. The molecular formula is C7H9NO5. The van der Waals surface area contributed by atoms with Crippen LogP contribution in [0.1, 0.15) is 12.8 Å². The van der Waals surface area contributed by atoms with Gasteiger partial charge in [-0.25, -0.2) is 4.79 Å². The summed E-state index contributed by atoms with van der Waals surface area (Å²) in [5, 5.41) is 0.608. The van der Waals surface area contributed by atoms with E-state index in [9.17, 15) is 14.4 Å². The van der Waals surface area contributed by atoms with E-state index in [4.69, 9.17) is 0 Å². The Labute approximate surface area is 74.3 Å². The number of carbonyl (C=O) groups is 3. The molecule has 1 aliphatic rings. The first-order valence-corrected chi connectivity index (χ1v) is 3.70. The van der Waals surface area contributed by atoms with E-state index in [-0.39, 0.29) is 12.8 Å². The van der Waals surface area contributed by atoms with Crippen molar-refractivity contribution < 1.29 is 24.0 Å². The van der Waals surface area contributed by atoms with Crippen LogP contribution in [0.15, 0.2) is 0 Å². The lowest BCUT2D eigenvalue weighted by molar-refractivity contribution is -0.192. The van der Waals surface area contributed by atoms with Gasteiger partial charge in [0.2, 0.25) is 0 Å². The first-order chi connectivity index (χ1) is 6.15. The molecule has 0 aromatic carbocycles. The van der Waals surface area contributed by atoms with Crippen molar-refractivity contribution in [1.29, 1.82) is 0 Å². The molecule has 1 fully saturated rings. The van der Waals surface area contributed by atoms with Gasteiger partial charge in [-0.1, -0.05) is 0 Å². The normalized spacial score (nSPS) is 16.5. The molecule has 6 nitrogen and oxygen atoms in total. The average Bonchev–Trinajstić information content (AvgIpc) is 2.43. The van der Waals surface area contributed by atoms with Gasteiger partial charge in [-0.15, -0.1) is 0 Å². The lowest BCUT2D eigenvalue weighted by atomic mass is 10.4. The molecule has 0 aromatic rings. The van der Waals surface area contributed by atoms with Crippen molar-refractivity contribution in [3.8, 4) is 0 Å². The number of amides is 2. The first-order valence-electron chi connectivity index (χ1n) is 3.70. The molecule has 72 valence electrons. The van der Waals surface area contributed by atoms with Gasteiger partial charge in [0.1, 0.15) is 0 Å². The second kappa shape index (κ2) is 3.99. The predicted octanol–water partition coefficient (Wildman–Crippen LogP) is -0.760. The second-order valence-electron chi connectivity index (χ2n) is 2.43. The Kier molecular flexibility index (Phi) is 2.97. The Morgan fingerprint density at radius 3 is 2.38 bits per heavy atom. The molecule has 0 atom stereocenters. The van der Waals surface area contributed by atoms with Crippen LogP contribution in [0, 0.1) is 0 Å². The maximum absolute atomic E-state index is 10.9. The summed E-state index contributed by atoms with van der Waals surface area (Å²) in [5.41, 5.74) is 0. The zero-order valence-corrected chi connectivity index (χ0v) is 7.11. The van der Waals surface area contributed by atoms with Crippen LogP contribution in [0.5, 0.6) is 0 Å². The molecule has 0 bridgehead atoms. The van der Waals surface area contributed by atoms with E-state index in [0.717, 1.165) is 0 Å². The topological polar surface area (TPSA) is 72.9 Å². The number of ether oxygens (including phenoxy) is 1. The van der Waals surface area contributed by atoms with Crippen LogP contribution >= 0.6 is 0 Å². The number of esters is 1. The Morgan fingerprint density at radius 1 is 1.38 bits per heavy atom. The molecule has 0 N–H and O–H groups in total. The fraction of sp³-hybridized carbons (Fsp3) is 0.571. The van der Waals surface area contributed by atoms with Crippen LogP contribution in [0.2, 0.25) is 0 Å². The molecule has 1 heterocycles. The van der Waals surface area contributed by atoms with Crippen molar-refractivity contribution in [1.82, 2.24) is 5.06 Å². The standard InChI is InChI=1S/C7H9NO5/c1-12-7(11)4-13-8-5(9)2-3-6(8)10/h2-4H2,1H3. The Morgan fingerprint density at radius 2 is 1.92 bits per heavy atom. The largest absolute Gasteiger partial charge is 0.467 e. The van der Waals surface area contributed by atoms with Crippen LogP contribution in [0.3, 0.4) is 0 Å². The van der Waals surface area contributed by atoms with Crippen LogP contribution in [-0.2, 0) is 24.0 Å². The van der Waals surface area contributed by atoms with Gasteiger partial charge in [0.25, 0.3) is 11.8 Å². The summed E-state index contributed by atoms with van der Waals surface area (Å²) in [5.74, 6) is -1.48. The van der Waals surface area contributed by atoms with Crippen molar-refractivity contribution >= 4 is 17.8 Å². The van der Waals surface area contributed by atoms with Gasteiger partial charge in [-0.2, -0.15) is 5.06 Å². The lowest BCUT2D eigenvalue weighted by Crippen LogP contribution is -2.31. The summed E-state index contributed by atoms with van der Waals surface area (Å²) >= 11 is 0. The number of hydrogen-bond acceptors (Lipinski definition) is 5. The van der Waals surface area contributed by atoms with Crippen LogP contribution in [0.25, 0.3) is 0 Å². The van der Waals surface area contributed by atoms with Gasteiger partial charge < -0.3 is 4.74 Å². The summed E-state index contributed by atoms with van der Waals surface area (Å²) < 4.78 is 4.27. The number of rotatable bonds is 3. The highest BCUT2D eigenvalue weighted by Gasteiger charge is 2.30. The number of methoxy groups -OCH3 is 1. The Bertz CT molecular complexity index is 233. The summed E-state index contributed by atoms with van der Waals surface area (Å²) in [6, 6.07) is 0. The number of imide groups is 1. The first kappa shape index (κ1) is 9.66. The average molecular weight is 187 g/mol. The van der Waals surface area contributed by atoms with E-state index in [1.165, 1.54) is 7.11 Å². The smallest absolute Gasteiger partial charge is 0.334 e. The van der Waals surface area contributed by atoms with Gasteiger partial charge in [0, 0.05) is 12.8 Å². The van der Waals surface area contributed by atoms with E-state index in [0.29, 0.717) is 5.06 Å². The fourth-order valence-corrected chi connectivity index (χ4v) is 0.876. The maximum Gasteiger partial charge on any atom is 0.334 e. The molecule has 0 spiro atoms. The highest BCUT2D eigenvalue weighted by molar-refractivity contribution is 6.00. The van der Waals surface area contributed by atoms with Crippen molar-refractivity contribution in [3.63, 3.8) is 0 Å². The number of nitrogens with zero attached hydrogens (tertiary/aromatic N) is 1. The molecule has 0 radical (unpaired) electrons. The van der Waals surface area contributed by atoms with Crippen molar-refractivity contribution in [3.05, 3.63) is 0 Å². The highest BCUT2D eigenvalue weighted by atomic mass is 16.7. The van der Waals surface area contributed by atoms with E-state index in [1.54, 1.807) is 0 Å². The van der Waals surface area contributed by atoms with Gasteiger partial charge >= 0.3 is 5.97 Å². The molecule has 1 aliphatic heterocycles. The van der Waals surface area contributed by atoms with E-state index >= 15 is 0 Å². The fourth-order valence-electron chi connectivity index (χ4n) is 0.876. The molecule has 0 unspecified atom stereocenters. The minimum Gasteiger partial charge on any atom is -0.467 e. The van der Waals surface area contributed by atoms with E-state index in [1.807, 2.05) is 0 Å². The zero-order valence-electron chi connectivity index (χ0n) is 7.11. The van der Waals surface area contributed by atoms with Gasteiger partial charge in [-0.05, 0) is 0 Å². The van der Waals surface area contributed by atoms with Crippen molar-refractivity contribution in [2.75, 3.05) is 13.7 Å². The summed E-state index contributed by atoms with van der Waals surface area (Å²) in [6.45, 7) is -0.423. The molecule has 2 amide bonds. The van der Waals surface area contributed by atoms with E-state index in [2.05, 4.69) is 9.57 Å². The molecule has 6 heteroatoms. The third kappa shape index (κ3) is 2.25. The minimum atomic E-state index is -0.632. The van der Waals surface area contributed by atoms with Crippen LogP contribution in [-0.4, -0.2) is 36.6 Å². The molecule has 1 saturated heterocycles. The third-order valence-electron chi connectivity index (χ3n) is 1.54. The zero-order chi connectivity index (χ0) is 9.84. The summed E-state index contributed by atoms with van der Waals surface area (Å²) in [4.78, 5) is 37.1. The quantitative estimate of drug-likeness (QED) is 0.429. The molecule has 0 saturated carbocycles. The molecule has 13 heavy (non-hydrogen) atoms. The number of hydroxylamine groups is 2. The molecule has 1 rings (SSSR count). The van der Waals surface area contributed by atoms with E-state index < -0.39 is 24.4 Å². The predicted molar refractivity (Wildman–Crippen MR) is 39.1 cm³/mol. The molecule has 0 aliphatic carbocycles. The number of carbonyl (C=O) groups excluding carboxylic acids is 3. The molecular weight excluding hydrogens is 178 g/mol. The highest BCUT2D eigenvalue weighted by Crippen LogP contribution is 2.11.